The van der Waals surface area contributed by atoms with Gasteiger partial charge in [-0.15, -0.1) is 0 Å². The van der Waals surface area contributed by atoms with Crippen LogP contribution < -0.4 is 0 Å². The zero-order chi connectivity index (χ0) is 13.2. The fourth-order valence-corrected chi connectivity index (χ4v) is 2.74. The van der Waals surface area contributed by atoms with Crippen molar-refractivity contribution in [1.29, 1.82) is 0 Å². The minimum absolute atomic E-state index is 0.227. The predicted molar refractivity (Wildman–Crippen MR) is 75.9 cm³/mol. The molecule has 0 unspecified atom stereocenters. The molecule has 0 fully saturated rings. The number of carbonyl (C=O) groups is 1. The van der Waals surface area contributed by atoms with Gasteiger partial charge in [-0.1, -0.05) is 42.5 Å². The summed E-state index contributed by atoms with van der Waals surface area (Å²) >= 11 is 0. The Labute approximate surface area is 112 Å². The van der Waals surface area contributed by atoms with E-state index < -0.39 is 0 Å². The van der Waals surface area contributed by atoms with Gasteiger partial charge in [0.05, 0.1) is 7.11 Å². The normalized spacial score (nSPS) is 15.3. The lowest BCUT2D eigenvalue weighted by Gasteiger charge is -2.08. The van der Waals surface area contributed by atoms with E-state index in [1.807, 2.05) is 18.2 Å². The van der Waals surface area contributed by atoms with E-state index in [0.29, 0.717) is 12.8 Å². The standard InChI is InChI=1S/C17H16O2/c1-19-17-10-9-16(18)15(17)11-13-7-4-6-12-5-2-3-8-14(12)13/h2-8H,9-11H2,1H3. The Morgan fingerprint density at radius 2 is 1.84 bits per heavy atom. The molecular formula is C17H16O2. The number of Topliss-reactive ketones (excluding diaryl/α,β-unsaturated/α-hetero) is 1. The van der Waals surface area contributed by atoms with E-state index in [0.717, 1.165) is 17.8 Å². The molecular weight excluding hydrogens is 236 g/mol. The summed E-state index contributed by atoms with van der Waals surface area (Å²) in [6, 6.07) is 14.5. The summed E-state index contributed by atoms with van der Waals surface area (Å²) in [5.74, 6) is 1.09. The molecule has 0 aromatic heterocycles. The molecule has 2 heteroatoms. The zero-order valence-corrected chi connectivity index (χ0v) is 11.0. The molecule has 0 bridgehead atoms. The van der Waals surface area contributed by atoms with Crippen LogP contribution in [0.5, 0.6) is 0 Å². The van der Waals surface area contributed by atoms with Crippen molar-refractivity contribution in [1.82, 2.24) is 0 Å². The summed E-state index contributed by atoms with van der Waals surface area (Å²) in [6.07, 6.45) is 2.00. The maximum atomic E-state index is 11.9. The summed E-state index contributed by atoms with van der Waals surface area (Å²) in [7, 11) is 1.65. The Hall–Kier alpha value is -2.09. The molecule has 2 aromatic carbocycles. The fourth-order valence-electron chi connectivity index (χ4n) is 2.74. The second kappa shape index (κ2) is 4.88. The van der Waals surface area contributed by atoms with Crippen LogP contribution in [-0.4, -0.2) is 12.9 Å². The lowest BCUT2D eigenvalue weighted by atomic mass is 9.97. The van der Waals surface area contributed by atoms with Gasteiger partial charge in [-0.05, 0) is 16.3 Å². The number of benzene rings is 2. The number of ketones is 1. The zero-order valence-electron chi connectivity index (χ0n) is 11.0. The lowest BCUT2D eigenvalue weighted by molar-refractivity contribution is -0.115. The summed E-state index contributed by atoms with van der Waals surface area (Å²) in [4.78, 5) is 11.9. The number of allylic oxidation sites excluding steroid dienone is 2. The van der Waals surface area contributed by atoms with Crippen molar-refractivity contribution in [3.05, 3.63) is 59.4 Å². The van der Waals surface area contributed by atoms with Crippen molar-refractivity contribution in [2.75, 3.05) is 7.11 Å². The molecule has 1 aliphatic carbocycles. The van der Waals surface area contributed by atoms with Crippen molar-refractivity contribution in [2.45, 2.75) is 19.3 Å². The van der Waals surface area contributed by atoms with E-state index in [2.05, 4.69) is 24.3 Å². The van der Waals surface area contributed by atoms with E-state index >= 15 is 0 Å². The third-order valence-corrected chi connectivity index (χ3v) is 3.75. The van der Waals surface area contributed by atoms with Crippen molar-refractivity contribution in [2.24, 2.45) is 0 Å². The molecule has 2 nitrogen and oxygen atoms in total. The van der Waals surface area contributed by atoms with Crippen LogP contribution in [0, 0.1) is 0 Å². The van der Waals surface area contributed by atoms with Crippen molar-refractivity contribution in [3.63, 3.8) is 0 Å². The number of ether oxygens (including phenoxy) is 1. The SMILES string of the molecule is COC1=C(Cc2cccc3ccccc23)C(=O)CC1. The third-order valence-electron chi connectivity index (χ3n) is 3.75. The summed E-state index contributed by atoms with van der Waals surface area (Å²) in [5.41, 5.74) is 2.04. The highest BCUT2D eigenvalue weighted by Gasteiger charge is 2.24. The van der Waals surface area contributed by atoms with E-state index in [1.165, 1.54) is 16.3 Å². The Balaban J connectivity index is 2.04. The molecule has 0 saturated heterocycles. The van der Waals surface area contributed by atoms with Crippen LogP contribution in [-0.2, 0) is 16.0 Å². The summed E-state index contributed by atoms with van der Waals surface area (Å²) in [6.45, 7) is 0. The van der Waals surface area contributed by atoms with E-state index in [1.54, 1.807) is 7.11 Å². The number of rotatable bonds is 3. The molecule has 0 saturated carbocycles. The molecule has 1 aliphatic rings. The summed E-state index contributed by atoms with van der Waals surface area (Å²) in [5, 5.41) is 2.43. The van der Waals surface area contributed by atoms with Crippen LogP contribution >= 0.6 is 0 Å². The van der Waals surface area contributed by atoms with Gasteiger partial charge in [-0.2, -0.15) is 0 Å². The topological polar surface area (TPSA) is 26.3 Å². The highest BCUT2D eigenvalue weighted by Crippen LogP contribution is 2.28. The fraction of sp³-hybridized carbons (Fsp3) is 0.235. The molecule has 19 heavy (non-hydrogen) atoms. The molecule has 2 aromatic rings. The van der Waals surface area contributed by atoms with Crippen LogP contribution in [0.1, 0.15) is 18.4 Å². The van der Waals surface area contributed by atoms with Crippen molar-refractivity contribution < 1.29 is 9.53 Å². The predicted octanol–water partition coefficient (Wildman–Crippen LogP) is 3.65. The van der Waals surface area contributed by atoms with Gasteiger partial charge < -0.3 is 4.74 Å². The van der Waals surface area contributed by atoms with Gasteiger partial charge in [0.1, 0.15) is 5.76 Å². The number of carbonyl (C=O) groups excluding carboxylic acids is 1. The summed E-state index contributed by atoms with van der Waals surface area (Å²) < 4.78 is 5.34. The van der Waals surface area contributed by atoms with E-state index in [4.69, 9.17) is 4.74 Å². The molecule has 0 amide bonds. The van der Waals surface area contributed by atoms with Crippen LogP contribution in [0.2, 0.25) is 0 Å². The second-order valence-corrected chi connectivity index (χ2v) is 4.84. The van der Waals surface area contributed by atoms with Crippen molar-refractivity contribution >= 4 is 16.6 Å². The van der Waals surface area contributed by atoms with Crippen molar-refractivity contribution in [3.8, 4) is 0 Å². The van der Waals surface area contributed by atoms with Crippen LogP contribution in [0.4, 0.5) is 0 Å². The van der Waals surface area contributed by atoms with E-state index in [9.17, 15) is 4.79 Å². The Bertz CT molecular complexity index is 663. The molecule has 0 radical (unpaired) electrons. The first kappa shape index (κ1) is 12.0. The van der Waals surface area contributed by atoms with Gasteiger partial charge in [0.25, 0.3) is 0 Å². The molecule has 0 spiro atoms. The Morgan fingerprint density at radius 1 is 1.05 bits per heavy atom. The highest BCUT2D eigenvalue weighted by atomic mass is 16.5. The number of fused-ring (bicyclic) bond motifs is 1. The van der Waals surface area contributed by atoms with Crippen LogP contribution in [0.3, 0.4) is 0 Å². The number of methoxy groups -OCH3 is 1. The van der Waals surface area contributed by atoms with Crippen LogP contribution in [0.15, 0.2) is 53.8 Å². The minimum Gasteiger partial charge on any atom is -0.501 e. The average molecular weight is 252 g/mol. The number of hydrogen-bond donors (Lipinski definition) is 0. The molecule has 0 N–H and O–H groups in total. The van der Waals surface area contributed by atoms with Gasteiger partial charge in [0, 0.05) is 24.8 Å². The van der Waals surface area contributed by atoms with Gasteiger partial charge in [-0.3, -0.25) is 4.79 Å². The molecule has 3 rings (SSSR count). The first-order chi connectivity index (χ1) is 9.29. The highest BCUT2D eigenvalue weighted by molar-refractivity contribution is 5.99. The molecule has 0 heterocycles. The maximum Gasteiger partial charge on any atom is 0.162 e. The third kappa shape index (κ3) is 2.14. The van der Waals surface area contributed by atoms with Gasteiger partial charge >= 0.3 is 0 Å². The maximum absolute atomic E-state index is 11.9. The Kier molecular flexibility index (Phi) is 3.08. The first-order valence-corrected chi connectivity index (χ1v) is 6.55. The minimum atomic E-state index is 0.227. The largest absolute Gasteiger partial charge is 0.501 e. The Morgan fingerprint density at radius 3 is 2.68 bits per heavy atom. The van der Waals surface area contributed by atoms with Gasteiger partial charge in [-0.25, -0.2) is 0 Å². The molecule has 0 atom stereocenters. The van der Waals surface area contributed by atoms with Gasteiger partial charge in [0.2, 0.25) is 0 Å². The lowest BCUT2D eigenvalue weighted by Crippen LogP contribution is -2.02. The second-order valence-electron chi connectivity index (χ2n) is 4.84. The van der Waals surface area contributed by atoms with Crippen LogP contribution in [0.25, 0.3) is 10.8 Å². The quantitative estimate of drug-likeness (QED) is 0.833. The molecule has 96 valence electrons. The number of hydrogen-bond acceptors (Lipinski definition) is 2. The smallest absolute Gasteiger partial charge is 0.162 e. The average Bonchev–Trinajstić information content (AvgIpc) is 2.80. The van der Waals surface area contributed by atoms with Gasteiger partial charge in [0.15, 0.2) is 5.78 Å². The monoisotopic (exact) mass is 252 g/mol. The molecule has 0 aliphatic heterocycles. The first-order valence-electron chi connectivity index (χ1n) is 6.55. The van der Waals surface area contributed by atoms with E-state index in [-0.39, 0.29) is 5.78 Å².